The first-order valence-electron chi connectivity index (χ1n) is 5.91. The van der Waals surface area contributed by atoms with Crippen LogP contribution in [0.1, 0.15) is 18.1 Å². The number of hydrogen-bond acceptors (Lipinski definition) is 3. The molecule has 2 unspecified atom stereocenters. The molecule has 0 bridgehead atoms. The van der Waals surface area contributed by atoms with Crippen LogP contribution in [0.2, 0.25) is 0 Å². The smallest absolute Gasteiger partial charge is 0.0916 e. The number of likely N-dealkylation sites (N-methyl/N-ethyl adjacent to an activating group) is 1. The van der Waals surface area contributed by atoms with E-state index in [-0.39, 0.29) is 6.10 Å². The van der Waals surface area contributed by atoms with Crippen molar-refractivity contribution >= 4 is 0 Å². The highest BCUT2D eigenvalue weighted by molar-refractivity contribution is 5.17. The van der Waals surface area contributed by atoms with Crippen LogP contribution in [-0.2, 0) is 0 Å². The molecule has 1 aliphatic rings. The summed E-state index contributed by atoms with van der Waals surface area (Å²) in [6, 6.07) is 10.4. The van der Waals surface area contributed by atoms with Crippen molar-refractivity contribution in [3.8, 4) is 0 Å². The van der Waals surface area contributed by atoms with E-state index in [1.54, 1.807) is 0 Å². The fourth-order valence-corrected chi connectivity index (χ4v) is 2.22. The predicted octanol–water partition coefficient (Wildman–Crippen LogP) is 1.01. The Balaban J connectivity index is 1.89. The van der Waals surface area contributed by atoms with Crippen LogP contribution in [0.15, 0.2) is 30.3 Å². The molecule has 88 valence electrons. The lowest BCUT2D eigenvalue weighted by atomic mass is 10.1. The summed E-state index contributed by atoms with van der Waals surface area (Å²) < 4.78 is 0. The zero-order chi connectivity index (χ0) is 11.4. The van der Waals surface area contributed by atoms with E-state index >= 15 is 0 Å². The number of aliphatic hydroxyl groups excluding tert-OH is 1. The highest BCUT2D eigenvalue weighted by Gasteiger charge is 2.21. The van der Waals surface area contributed by atoms with E-state index in [2.05, 4.69) is 17.3 Å². The summed E-state index contributed by atoms with van der Waals surface area (Å²) in [7, 11) is 2.09. The normalized spacial score (nSPS) is 22.6. The summed E-state index contributed by atoms with van der Waals surface area (Å²) in [5.74, 6) is 0. The van der Waals surface area contributed by atoms with E-state index in [0.717, 1.165) is 18.7 Å². The zero-order valence-electron chi connectivity index (χ0n) is 9.76. The summed E-state index contributed by atoms with van der Waals surface area (Å²) in [6.07, 6.45) is 0.796. The Hall–Kier alpha value is -0.900. The highest BCUT2D eigenvalue weighted by Crippen LogP contribution is 2.15. The molecule has 2 rings (SSSR count). The lowest BCUT2D eigenvalue weighted by molar-refractivity contribution is 0.108. The number of aliphatic hydroxyl groups is 1. The van der Waals surface area contributed by atoms with Crippen LogP contribution in [0.4, 0.5) is 0 Å². The van der Waals surface area contributed by atoms with E-state index < -0.39 is 0 Å². The minimum atomic E-state index is -0.383. The Bertz CT molecular complexity index is 309. The fraction of sp³-hybridized carbons (Fsp3) is 0.538. The molecule has 3 heteroatoms. The SMILES string of the molecule is CN(CC(O)c1ccccc1)C1CCNC1. The Morgan fingerprint density at radius 3 is 2.81 bits per heavy atom. The first kappa shape index (κ1) is 11.6. The Kier molecular flexibility index (Phi) is 3.93. The van der Waals surface area contributed by atoms with Gasteiger partial charge in [-0.25, -0.2) is 0 Å². The van der Waals surface area contributed by atoms with Crippen molar-refractivity contribution in [2.24, 2.45) is 0 Å². The van der Waals surface area contributed by atoms with Crippen molar-refractivity contribution in [3.63, 3.8) is 0 Å². The maximum absolute atomic E-state index is 10.1. The Labute approximate surface area is 97.1 Å². The number of benzene rings is 1. The van der Waals surface area contributed by atoms with Gasteiger partial charge in [0.25, 0.3) is 0 Å². The van der Waals surface area contributed by atoms with Crippen LogP contribution in [0.3, 0.4) is 0 Å². The molecule has 3 nitrogen and oxygen atoms in total. The molecular formula is C13H20N2O. The van der Waals surface area contributed by atoms with Crippen LogP contribution < -0.4 is 5.32 Å². The molecule has 0 saturated carbocycles. The molecule has 2 N–H and O–H groups in total. The molecule has 1 aromatic rings. The van der Waals surface area contributed by atoms with Gasteiger partial charge in [-0.3, -0.25) is 4.90 Å². The summed E-state index contributed by atoms with van der Waals surface area (Å²) in [4.78, 5) is 2.25. The van der Waals surface area contributed by atoms with E-state index in [0.29, 0.717) is 12.6 Å². The average Bonchev–Trinajstić information content (AvgIpc) is 2.83. The van der Waals surface area contributed by atoms with Crippen LogP contribution in [-0.4, -0.2) is 42.7 Å². The monoisotopic (exact) mass is 220 g/mol. The molecule has 1 heterocycles. The lowest BCUT2D eigenvalue weighted by Crippen LogP contribution is -2.36. The third-order valence-electron chi connectivity index (χ3n) is 3.30. The van der Waals surface area contributed by atoms with Crippen LogP contribution in [0, 0.1) is 0 Å². The van der Waals surface area contributed by atoms with E-state index in [1.807, 2.05) is 30.3 Å². The number of nitrogens with zero attached hydrogens (tertiary/aromatic N) is 1. The number of rotatable bonds is 4. The topological polar surface area (TPSA) is 35.5 Å². The van der Waals surface area contributed by atoms with Crippen molar-refractivity contribution in [2.45, 2.75) is 18.6 Å². The van der Waals surface area contributed by atoms with Crippen molar-refractivity contribution in [3.05, 3.63) is 35.9 Å². The van der Waals surface area contributed by atoms with Crippen molar-refractivity contribution in [2.75, 3.05) is 26.7 Å². The van der Waals surface area contributed by atoms with Gasteiger partial charge in [0.1, 0.15) is 0 Å². The third kappa shape index (κ3) is 2.82. The van der Waals surface area contributed by atoms with Crippen molar-refractivity contribution in [1.29, 1.82) is 0 Å². The molecule has 0 aromatic heterocycles. The average molecular weight is 220 g/mol. The summed E-state index contributed by atoms with van der Waals surface area (Å²) in [6.45, 7) is 2.84. The molecular weight excluding hydrogens is 200 g/mol. The molecule has 0 spiro atoms. The molecule has 1 saturated heterocycles. The van der Waals surface area contributed by atoms with Gasteiger partial charge in [-0.1, -0.05) is 30.3 Å². The molecule has 1 fully saturated rings. The summed E-state index contributed by atoms with van der Waals surface area (Å²) in [5, 5.41) is 13.4. The minimum absolute atomic E-state index is 0.383. The van der Waals surface area contributed by atoms with Gasteiger partial charge in [0.2, 0.25) is 0 Å². The number of hydrogen-bond donors (Lipinski definition) is 2. The van der Waals surface area contributed by atoms with E-state index in [9.17, 15) is 5.11 Å². The molecule has 0 aliphatic carbocycles. The van der Waals surface area contributed by atoms with E-state index in [1.165, 1.54) is 6.42 Å². The zero-order valence-corrected chi connectivity index (χ0v) is 9.76. The molecule has 0 amide bonds. The van der Waals surface area contributed by atoms with Gasteiger partial charge in [-0.15, -0.1) is 0 Å². The quantitative estimate of drug-likeness (QED) is 0.795. The second-order valence-corrected chi connectivity index (χ2v) is 4.51. The van der Waals surface area contributed by atoms with Crippen molar-refractivity contribution in [1.82, 2.24) is 10.2 Å². The maximum Gasteiger partial charge on any atom is 0.0916 e. The highest BCUT2D eigenvalue weighted by atomic mass is 16.3. The fourth-order valence-electron chi connectivity index (χ4n) is 2.22. The van der Waals surface area contributed by atoms with Gasteiger partial charge >= 0.3 is 0 Å². The molecule has 2 atom stereocenters. The van der Waals surface area contributed by atoms with Gasteiger partial charge in [0, 0.05) is 19.1 Å². The Morgan fingerprint density at radius 1 is 1.44 bits per heavy atom. The summed E-state index contributed by atoms with van der Waals surface area (Å²) in [5.41, 5.74) is 1.00. The van der Waals surface area contributed by atoms with Crippen LogP contribution >= 0.6 is 0 Å². The van der Waals surface area contributed by atoms with Gasteiger partial charge in [-0.05, 0) is 25.6 Å². The molecule has 0 radical (unpaired) electrons. The van der Waals surface area contributed by atoms with Gasteiger partial charge in [0.15, 0.2) is 0 Å². The second kappa shape index (κ2) is 5.43. The molecule has 1 aliphatic heterocycles. The largest absolute Gasteiger partial charge is 0.387 e. The first-order valence-corrected chi connectivity index (χ1v) is 5.91. The van der Waals surface area contributed by atoms with Crippen molar-refractivity contribution < 1.29 is 5.11 Å². The van der Waals surface area contributed by atoms with E-state index in [4.69, 9.17) is 0 Å². The lowest BCUT2D eigenvalue weighted by Gasteiger charge is -2.26. The Morgan fingerprint density at radius 2 is 2.19 bits per heavy atom. The predicted molar refractivity (Wildman–Crippen MR) is 65.3 cm³/mol. The second-order valence-electron chi connectivity index (χ2n) is 4.51. The van der Waals surface area contributed by atoms with Gasteiger partial charge < -0.3 is 10.4 Å². The maximum atomic E-state index is 10.1. The van der Waals surface area contributed by atoms with Crippen LogP contribution in [0.5, 0.6) is 0 Å². The molecule has 1 aromatic carbocycles. The third-order valence-corrected chi connectivity index (χ3v) is 3.30. The van der Waals surface area contributed by atoms with Crippen LogP contribution in [0.25, 0.3) is 0 Å². The molecule has 16 heavy (non-hydrogen) atoms. The first-order chi connectivity index (χ1) is 7.77. The standard InChI is InChI=1S/C13H20N2O/c1-15(12-7-8-14-9-12)10-13(16)11-5-3-2-4-6-11/h2-6,12-14,16H,7-10H2,1H3. The number of nitrogens with one attached hydrogen (secondary N) is 1. The van der Waals surface area contributed by atoms with Gasteiger partial charge in [-0.2, -0.15) is 0 Å². The summed E-state index contributed by atoms with van der Waals surface area (Å²) >= 11 is 0. The van der Waals surface area contributed by atoms with Gasteiger partial charge in [0.05, 0.1) is 6.10 Å². The minimum Gasteiger partial charge on any atom is -0.387 e.